The van der Waals surface area contributed by atoms with Crippen molar-refractivity contribution in [1.29, 1.82) is 0 Å². The van der Waals surface area contributed by atoms with Crippen molar-refractivity contribution in [2.24, 2.45) is 11.8 Å². The van der Waals surface area contributed by atoms with E-state index in [0.29, 0.717) is 44.6 Å². The van der Waals surface area contributed by atoms with Crippen molar-refractivity contribution in [3.05, 3.63) is 80.6 Å². The van der Waals surface area contributed by atoms with Gasteiger partial charge in [0, 0.05) is 25.8 Å². The number of pyridine rings is 1. The van der Waals surface area contributed by atoms with Gasteiger partial charge in [-0.1, -0.05) is 74.2 Å². The van der Waals surface area contributed by atoms with Gasteiger partial charge in [-0.05, 0) is 67.7 Å². The van der Waals surface area contributed by atoms with Crippen LogP contribution in [0.25, 0.3) is 11.7 Å². The first-order valence-electron chi connectivity index (χ1n) is 13.4. The normalized spacial score (nSPS) is 17.9. The molecule has 4 heterocycles. The summed E-state index contributed by atoms with van der Waals surface area (Å²) in [6.07, 6.45) is 7.53. The molecular formula is C30H34N4O2S2. The van der Waals surface area contributed by atoms with Gasteiger partial charge in [-0.2, -0.15) is 0 Å². The van der Waals surface area contributed by atoms with E-state index in [9.17, 15) is 9.59 Å². The van der Waals surface area contributed by atoms with Crippen LogP contribution < -0.4 is 10.5 Å². The van der Waals surface area contributed by atoms with Gasteiger partial charge in [0.2, 0.25) is 0 Å². The Kier molecular flexibility index (Phi) is 8.00. The second-order valence-electron chi connectivity index (χ2n) is 10.7. The number of carbonyl (C=O) groups is 1. The molecule has 0 unspecified atom stereocenters. The number of anilines is 1. The van der Waals surface area contributed by atoms with Crippen molar-refractivity contribution < 1.29 is 4.79 Å². The highest BCUT2D eigenvalue weighted by Gasteiger charge is 2.33. The molecule has 0 bridgehead atoms. The number of aromatic nitrogens is 2. The van der Waals surface area contributed by atoms with E-state index in [0.717, 1.165) is 44.3 Å². The predicted molar refractivity (Wildman–Crippen MR) is 161 cm³/mol. The van der Waals surface area contributed by atoms with E-state index in [4.69, 9.17) is 17.2 Å². The molecule has 2 aliphatic heterocycles. The summed E-state index contributed by atoms with van der Waals surface area (Å²) in [4.78, 5) is 36.4. The number of nitrogens with zero attached hydrogens (tertiary/aromatic N) is 4. The first-order valence-corrected chi connectivity index (χ1v) is 14.6. The largest absolute Gasteiger partial charge is 0.356 e. The number of hydrogen-bond donors (Lipinski definition) is 0. The number of amides is 1. The summed E-state index contributed by atoms with van der Waals surface area (Å²) in [7, 11) is 0. The molecule has 1 amide bonds. The monoisotopic (exact) mass is 546 g/mol. The Balaban J connectivity index is 1.46. The average molecular weight is 547 g/mol. The van der Waals surface area contributed by atoms with E-state index in [2.05, 4.69) is 49.1 Å². The number of piperidine rings is 1. The summed E-state index contributed by atoms with van der Waals surface area (Å²) < 4.78 is 2.14. The predicted octanol–water partition coefficient (Wildman–Crippen LogP) is 5.71. The first kappa shape index (κ1) is 26.6. The van der Waals surface area contributed by atoms with Crippen molar-refractivity contribution >= 4 is 51.7 Å². The van der Waals surface area contributed by atoms with Gasteiger partial charge in [-0.15, -0.1) is 0 Å². The van der Waals surface area contributed by atoms with Crippen molar-refractivity contribution in [2.45, 2.75) is 46.5 Å². The highest BCUT2D eigenvalue weighted by molar-refractivity contribution is 8.26. The molecule has 38 heavy (non-hydrogen) atoms. The summed E-state index contributed by atoms with van der Waals surface area (Å²) in [6, 6.07) is 14.5. The van der Waals surface area contributed by atoms with Crippen LogP contribution in [0.1, 0.15) is 49.8 Å². The second-order valence-corrected chi connectivity index (χ2v) is 12.4. The minimum atomic E-state index is -0.160. The van der Waals surface area contributed by atoms with E-state index in [1.54, 1.807) is 15.4 Å². The molecule has 6 nitrogen and oxygen atoms in total. The molecule has 0 atom stereocenters. The quantitative estimate of drug-likeness (QED) is 0.280. The molecule has 3 aromatic rings. The van der Waals surface area contributed by atoms with Crippen molar-refractivity contribution in [2.75, 3.05) is 24.5 Å². The van der Waals surface area contributed by atoms with Crippen LogP contribution in [0.2, 0.25) is 0 Å². The van der Waals surface area contributed by atoms with Gasteiger partial charge in [0.05, 0.1) is 10.5 Å². The minimum Gasteiger partial charge on any atom is -0.356 e. The number of thiocarbonyl (C=S) groups is 1. The number of thioether (sulfide) groups is 1. The fraction of sp³-hybridized carbons (Fsp3) is 0.400. The molecule has 0 aliphatic carbocycles. The standard InChI is InChI=1S/C30H34N4O2S2/c1-20(2)11-16-33-29(36)25(38-30(33)37)18-24-27(31-26-10-9-21(3)19-34(26)28(24)35)32-14-12-23(13-15-32)17-22-7-5-4-6-8-22/h4-10,18-20,23H,11-17H2,1-3H3. The highest BCUT2D eigenvalue weighted by Crippen LogP contribution is 2.34. The van der Waals surface area contributed by atoms with Crippen LogP contribution in [0, 0.1) is 18.8 Å². The topological polar surface area (TPSA) is 57.9 Å². The molecule has 2 saturated heterocycles. The molecule has 2 aliphatic rings. The summed E-state index contributed by atoms with van der Waals surface area (Å²) in [6.45, 7) is 8.45. The summed E-state index contributed by atoms with van der Waals surface area (Å²) in [5.41, 5.74) is 3.25. The Morgan fingerprint density at radius 2 is 1.84 bits per heavy atom. The average Bonchev–Trinajstić information content (AvgIpc) is 3.17. The molecule has 2 aromatic heterocycles. The fourth-order valence-corrected chi connectivity index (χ4v) is 6.41. The number of aryl methyl sites for hydroxylation is 1. The van der Waals surface area contributed by atoms with E-state index in [-0.39, 0.29) is 11.5 Å². The lowest BCUT2D eigenvalue weighted by molar-refractivity contribution is -0.122. The molecule has 0 radical (unpaired) electrons. The van der Waals surface area contributed by atoms with E-state index in [1.807, 2.05) is 25.3 Å². The van der Waals surface area contributed by atoms with E-state index >= 15 is 0 Å². The molecule has 0 saturated carbocycles. The number of hydrogen-bond acceptors (Lipinski definition) is 6. The van der Waals surface area contributed by atoms with Gasteiger partial charge in [0.25, 0.3) is 11.5 Å². The lowest BCUT2D eigenvalue weighted by Crippen LogP contribution is -2.37. The van der Waals surface area contributed by atoms with Gasteiger partial charge in [0.15, 0.2) is 0 Å². The third kappa shape index (κ3) is 5.71. The Morgan fingerprint density at radius 1 is 1.11 bits per heavy atom. The number of benzene rings is 1. The molecule has 2 fully saturated rings. The van der Waals surface area contributed by atoms with Crippen molar-refractivity contribution in [3.63, 3.8) is 0 Å². The molecule has 8 heteroatoms. The lowest BCUT2D eigenvalue weighted by Gasteiger charge is -2.33. The summed E-state index contributed by atoms with van der Waals surface area (Å²) >= 11 is 6.81. The number of rotatable bonds is 7. The third-order valence-corrected chi connectivity index (χ3v) is 8.72. The van der Waals surface area contributed by atoms with Gasteiger partial charge >= 0.3 is 0 Å². The summed E-state index contributed by atoms with van der Waals surface area (Å²) in [5, 5.41) is 0. The second kappa shape index (κ2) is 11.4. The number of carbonyl (C=O) groups excluding carboxylic acids is 1. The molecule has 5 rings (SSSR count). The first-order chi connectivity index (χ1) is 18.3. The van der Waals surface area contributed by atoms with Gasteiger partial charge in [-0.3, -0.25) is 18.9 Å². The zero-order chi connectivity index (χ0) is 26.8. The minimum absolute atomic E-state index is 0.123. The van der Waals surface area contributed by atoms with Gasteiger partial charge in [0.1, 0.15) is 15.8 Å². The van der Waals surface area contributed by atoms with Crippen molar-refractivity contribution in [3.8, 4) is 0 Å². The van der Waals surface area contributed by atoms with Gasteiger partial charge < -0.3 is 4.90 Å². The Morgan fingerprint density at radius 3 is 2.55 bits per heavy atom. The maximum Gasteiger partial charge on any atom is 0.267 e. The Bertz CT molecular complexity index is 1440. The summed E-state index contributed by atoms with van der Waals surface area (Å²) in [5.74, 6) is 1.60. The molecule has 1 aromatic carbocycles. The Labute approximate surface area is 233 Å². The zero-order valence-electron chi connectivity index (χ0n) is 22.2. The van der Waals surface area contributed by atoms with E-state index < -0.39 is 0 Å². The maximum absolute atomic E-state index is 13.8. The van der Waals surface area contributed by atoms with Crippen LogP contribution in [-0.2, 0) is 11.2 Å². The Hall–Kier alpha value is -2.97. The van der Waals surface area contributed by atoms with Crippen LogP contribution in [-0.4, -0.2) is 44.1 Å². The lowest BCUT2D eigenvalue weighted by atomic mass is 9.90. The molecule has 198 valence electrons. The van der Waals surface area contributed by atoms with Crippen LogP contribution in [0.3, 0.4) is 0 Å². The highest BCUT2D eigenvalue weighted by atomic mass is 32.2. The van der Waals surface area contributed by atoms with Crippen LogP contribution in [0.5, 0.6) is 0 Å². The van der Waals surface area contributed by atoms with Crippen LogP contribution >= 0.6 is 24.0 Å². The van der Waals surface area contributed by atoms with Crippen molar-refractivity contribution in [1.82, 2.24) is 14.3 Å². The third-order valence-electron chi connectivity index (χ3n) is 7.35. The zero-order valence-corrected chi connectivity index (χ0v) is 23.9. The van der Waals surface area contributed by atoms with Crippen LogP contribution in [0.4, 0.5) is 5.82 Å². The van der Waals surface area contributed by atoms with Gasteiger partial charge in [-0.25, -0.2) is 4.98 Å². The molecule has 0 N–H and O–H groups in total. The van der Waals surface area contributed by atoms with Crippen LogP contribution in [0.15, 0.2) is 58.4 Å². The fourth-order valence-electron chi connectivity index (χ4n) is 5.12. The molecular weight excluding hydrogens is 512 g/mol. The van der Waals surface area contributed by atoms with E-state index in [1.165, 1.54) is 17.3 Å². The molecule has 0 spiro atoms. The smallest absolute Gasteiger partial charge is 0.267 e. The number of fused-ring (bicyclic) bond motifs is 1. The maximum atomic E-state index is 13.8. The SMILES string of the molecule is Cc1ccc2nc(N3CCC(Cc4ccccc4)CC3)c(C=C3SC(=S)N(CCC(C)C)C3=O)c(=O)n2c1.